The standard InChI is InChI=1S/C19H29FN4O2/c1-14-10-15(7-8-17(14)20)11-21-19(23-13-18(25)24(2)3)22-12-16-6-4-5-9-26-16/h7-8,10,16H,4-6,9,11-13H2,1-3H3,(H2,21,22,23). The van der Waals surface area contributed by atoms with E-state index in [1.807, 2.05) is 0 Å². The summed E-state index contributed by atoms with van der Waals surface area (Å²) in [6, 6.07) is 4.95. The lowest BCUT2D eigenvalue weighted by Gasteiger charge is -2.24. The molecule has 0 saturated carbocycles. The summed E-state index contributed by atoms with van der Waals surface area (Å²) in [7, 11) is 3.43. The Labute approximate surface area is 154 Å². The molecule has 1 amide bonds. The minimum Gasteiger partial charge on any atom is -0.376 e. The summed E-state index contributed by atoms with van der Waals surface area (Å²) in [6.45, 7) is 3.73. The molecule has 1 saturated heterocycles. The normalized spacial score (nSPS) is 17.7. The summed E-state index contributed by atoms with van der Waals surface area (Å²) < 4.78 is 19.1. The summed E-state index contributed by atoms with van der Waals surface area (Å²) in [5.74, 6) is 0.294. The molecule has 26 heavy (non-hydrogen) atoms. The van der Waals surface area contributed by atoms with Crippen LogP contribution in [0, 0.1) is 12.7 Å². The van der Waals surface area contributed by atoms with Crippen molar-refractivity contribution < 1.29 is 13.9 Å². The average molecular weight is 364 g/mol. The van der Waals surface area contributed by atoms with Gasteiger partial charge in [-0.3, -0.25) is 4.79 Å². The molecule has 1 aliphatic heterocycles. The van der Waals surface area contributed by atoms with E-state index in [0.29, 0.717) is 24.6 Å². The molecule has 1 aromatic rings. The summed E-state index contributed by atoms with van der Waals surface area (Å²) in [6.07, 6.45) is 3.46. The van der Waals surface area contributed by atoms with Gasteiger partial charge in [0.25, 0.3) is 0 Å². The van der Waals surface area contributed by atoms with Gasteiger partial charge in [0.1, 0.15) is 5.82 Å². The SMILES string of the molecule is Cc1cc(CN=C(NCC(=O)N(C)C)NCC2CCCCO2)ccc1F. The topological polar surface area (TPSA) is 66.0 Å². The summed E-state index contributed by atoms with van der Waals surface area (Å²) in [5.41, 5.74) is 1.51. The Bertz CT molecular complexity index is 628. The summed E-state index contributed by atoms with van der Waals surface area (Å²) >= 11 is 0. The molecule has 0 radical (unpaired) electrons. The van der Waals surface area contributed by atoms with Gasteiger partial charge in [-0.05, 0) is 43.4 Å². The maximum atomic E-state index is 13.4. The zero-order valence-electron chi connectivity index (χ0n) is 15.8. The Hall–Kier alpha value is -2.15. The van der Waals surface area contributed by atoms with Crippen LogP contribution >= 0.6 is 0 Å². The van der Waals surface area contributed by atoms with E-state index in [1.165, 1.54) is 17.4 Å². The van der Waals surface area contributed by atoms with Crippen LogP contribution in [0.3, 0.4) is 0 Å². The van der Waals surface area contributed by atoms with Crippen molar-refractivity contribution in [3.63, 3.8) is 0 Å². The fourth-order valence-corrected chi connectivity index (χ4v) is 2.65. The number of rotatable bonds is 6. The third kappa shape index (κ3) is 6.63. The number of carbonyl (C=O) groups excluding carboxylic acids is 1. The molecule has 0 bridgehead atoms. The van der Waals surface area contributed by atoms with Gasteiger partial charge in [-0.2, -0.15) is 0 Å². The molecule has 2 rings (SSSR count). The van der Waals surface area contributed by atoms with Crippen molar-refractivity contribution in [1.29, 1.82) is 0 Å². The van der Waals surface area contributed by atoms with E-state index in [0.717, 1.165) is 25.0 Å². The Kier molecular flexibility index (Phi) is 7.84. The average Bonchev–Trinajstić information content (AvgIpc) is 2.64. The van der Waals surface area contributed by atoms with E-state index >= 15 is 0 Å². The first kappa shape index (κ1) is 20.2. The Morgan fingerprint density at radius 3 is 2.81 bits per heavy atom. The van der Waals surface area contributed by atoms with Crippen molar-refractivity contribution in [2.24, 2.45) is 4.99 Å². The predicted molar refractivity (Wildman–Crippen MR) is 101 cm³/mol. The predicted octanol–water partition coefficient (Wildman–Crippen LogP) is 1.83. The molecule has 2 N–H and O–H groups in total. The number of hydrogen-bond acceptors (Lipinski definition) is 3. The van der Waals surface area contributed by atoms with Gasteiger partial charge < -0.3 is 20.3 Å². The second-order valence-electron chi connectivity index (χ2n) is 6.76. The molecule has 6 nitrogen and oxygen atoms in total. The van der Waals surface area contributed by atoms with Crippen LogP contribution in [0.1, 0.15) is 30.4 Å². The number of aliphatic imine (C=N–C) groups is 1. The van der Waals surface area contributed by atoms with E-state index < -0.39 is 0 Å². The third-order valence-electron chi connectivity index (χ3n) is 4.32. The molecule has 1 fully saturated rings. The molecule has 0 aromatic heterocycles. The molecule has 7 heteroatoms. The van der Waals surface area contributed by atoms with Crippen molar-refractivity contribution in [2.45, 2.75) is 38.8 Å². The lowest BCUT2D eigenvalue weighted by Crippen LogP contribution is -2.45. The summed E-state index contributed by atoms with van der Waals surface area (Å²) in [4.78, 5) is 17.9. The summed E-state index contributed by atoms with van der Waals surface area (Å²) in [5, 5.41) is 6.30. The second kappa shape index (κ2) is 10.1. The van der Waals surface area contributed by atoms with Crippen LogP contribution in [0.25, 0.3) is 0 Å². The molecule has 1 aliphatic rings. The number of carbonyl (C=O) groups is 1. The minimum absolute atomic E-state index is 0.0361. The van der Waals surface area contributed by atoms with Gasteiger partial charge in [-0.25, -0.2) is 9.38 Å². The highest BCUT2D eigenvalue weighted by Crippen LogP contribution is 2.12. The van der Waals surface area contributed by atoms with E-state index in [-0.39, 0.29) is 24.4 Å². The maximum Gasteiger partial charge on any atom is 0.241 e. The number of nitrogens with zero attached hydrogens (tertiary/aromatic N) is 2. The van der Waals surface area contributed by atoms with Crippen molar-refractivity contribution >= 4 is 11.9 Å². The number of aryl methyl sites for hydroxylation is 1. The van der Waals surface area contributed by atoms with Crippen molar-refractivity contribution in [3.05, 3.63) is 35.1 Å². The molecule has 1 heterocycles. The Balaban J connectivity index is 1.97. The maximum absolute atomic E-state index is 13.4. The number of amides is 1. The van der Waals surface area contributed by atoms with E-state index in [9.17, 15) is 9.18 Å². The number of likely N-dealkylation sites (N-methyl/N-ethyl adjacent to an activating group) is 1. The Morgan fingerprint density at radius 2 is 2.15 bits per heavy atom. The van der Waals surface area contributed by atoms with Crippen LogP contribution in [-0.4, -0.2) is 56.7 Å². The minimum atomic E-state index is -0.222. The first-order valence-corrected chi connectivity index (χ1v) is 9.04. The molecule has 1 unspecified atom stereocenters. The fourth-order valence-electron chi connectivity index (χ4n) is 2.65. The van der Waals surface area contributed by atoms with Crippen LogP contribution in [0.2, 0.25) is 0 Å². The number of halogens is 1. The molecule has 144 valence electrons. The van der Waals surface area contributed by atoms with Crippen LogP contribution in [-0.2, 0) is 16.1 Å². The van der Waals surface area contributed by atoms with E-state index in [1.54, 1.807) is 33.2 Å². The van der Waals surface area contributed by atoms with E-state index in [2.05, 4.69) is 15.6 Å². The smallest absolute Gasteiger partial charge is 0.241 e. The van der Waals surface area contributed by atoms with Gasteiger partial charge in [0.2, 0.25) is 5.91 Å². The molecule has 0 aliphatic carbocycles. The van der Waals surface area contributed by atoms with Crippen molar-refractivity contribution in [1.82, 2.24) is 15.5 Å². The molecule has 0 spiro atoms. The lowest BCUT2D eigenvalue weighted by atomic mass is 10.1. The van der Waals surface area contributed by atoms with Gasteiger partial charge in [-0.15, -0.1) is 0 Å². The van der Waals surface area contributed by atoms with Crippen LogP contribution < -0.4 is 10.6 Å². The van der Waals surface area contributed by atoms with Crippen LogP contribution in [0.4, 0.5) is 4.39 Å². The second-order valence-corrected chi connectivity index (χ2v) is 6.76. The number of guanidine groups is 1. The zero-order valence-corrected chi connectivity index (χ0v) is 15.8. The van der Waals surface area contributed by atoms with Crippen LogP contribution in [0.15, 0.2) is 23.2 Å². The number of ether oxygens (including phenoxy) is 1. The molecular weight excluding hydrogens is 335 g/mol. The highest BCUT2D eigenvalue weighted by atomic mass is 19.1. The molecule has 1 atom stereocenters. The number of hydrogen-bond donors (Lipinski definition) is 2. The number of nitrogens with one attached hydrogen (secondary N) is 2. The van der Waals surface area contributed by atoms with E-state index in [4.69, 9.17) is 4.74 Å². The van der Waals surface area contributed by atoms with Gasteiger partial charge in [-0.1, -0.05) is 12.1 Å². The zero-order chi connectivity index (χ0) is 18.9. The third-order valence-corrected chi connectivity index (χ3v) is 4.32. The lowest BCUT2D eigenvalue weighted by molar-refractivity contribution is -0.127. The van der Waals surface area contributed by atoms with Gasteiger partial charge in [0.15, 0.2) is 5.96 Å². The highest BCUT2D eigenvalue weighted by molar-refractivity contribution is 5.86. The fraction of sp³-hybridized carbons (Fsp3) is 0.579. The largest absolute Gasteiger partial charge is 0.376 e. The first-order valence-electron chi connectivity index (χ1n) is 9.04. The highest BCUT2D eigenvalue weighted by Gasteiger charge is 2.14. The van der Waals surface area contributed by atoms with Crippen LogP contribution in [0.5, 0.6) is 0 Å². The molecular formula is C19H29FN4O2. The molecule has 1 aromatic carbocycles. The first-order chi connectivity index (χ1) is 12.5. The van der Waals surface area contributed by atoms with Gasteiger partial charge in [0.05, 0.1) is 19.2 Å². The number of benzene rings is 1. The quantitative estimate of drug-likeness (QED) is 0.597. The van der Waals surface area contributed by atoms with Gasteiger partial charge >= 0.3 is 0 Å². The monoisotopic (exact) mass is 364 g/mol. The van der Waals surface area contributed by atoms with Crippen molar-refractivity contribution in [3.8, 4) is 0 Å². The van der Waals surface area contributed by atoms with Gasteiger partial charge in [0, 0.05) is 27.2 Å². The van der Waals surface area contributed by atoms with Crippen molar-refractivity contribution in [2.75, 3.05) is 33.8 Å². The Morgan fingerprint density at radius 1 is 1.35 bits per heavy atom.